The van der Waals surface area contributed by atoms with Crippen LogP contribution in [0.15, 0.2) is 0 Å². The number of hydrogen-bond donors (Lipinski definition) is 2. The zero-order valence-corrected chi connectivity index (χ0v) is 8.66. The fourth-order valence-corrected chi connectivity index (χ4v) is 1.09. The summed E-state index contributed by atoms with van der Waals surface area (Å²) in [7, 11) is 0. The highest BCUT2D eigenvalue weighted by Crippen LogP contribution is 1.99. The normalized spacial score (nSPS) is 13.4. The van der Waals surface area contributed by atoms with Crippen LogP contribution in [0.2, 0.25) is 0 Å². The van der Waals surface area contributed by atoms with E-state index >= 15 is 0 Å². The van der Waals surface area contributed by atoms with Crippen molar-refractivity contribution in [2.75, 3.05) is 6.54 Å². The number of rotatable bonds is 7. The Morgan fingerprint density at radius 3 is 2.45 bits per heavy atom. The van der Waals surface area contributed by atoms with Crippen LogP contribution in [-0.2, 0) is 0 Å². The molecule has 1 N–H and O–H groups in total. The van der Waals surface area contributed by atoms with Gasteiger partial charge in [-0.05, 0) is 19.4 Å². The van der Waals surface area contributed by atoms with Crippen molar-refractivity contribution in [1.29, 1.82) is 0 Å². The second-order valence-corrected chi connectivity index (χ2v) is 3.56. The van der Waals surface area contributed by atoms with Gasteiger partial charge in [0.1, 0.15) is 0 Å². The molecule has 0 heterocycles. The molecule has 0 aliphatic rings. The van der Waals surface area contributed by atoms with Gasteiger partial charge in [-0.1, -0.05) is 33.1 Å². The van der Waals surface area contributed by atoms with Crippen LogP contribution in [0.1, 0.15) is 46.0 Å². The summed E-state index contributed by atoms with van der Waals surface area (Å²) in [4.78, 5) is 0. The largest absolute Gasteiger partial charge is 0.306 e. The fraction of sp³-hybridized carbons (Fsp3) is 1.00. The Bertz CT molecular complexity index is 76.0. The van der Waals surface area contributed by atoms with Crippen molar-refractivity contribution in [3.63, 3.8) is 0 Å². The van der Waals surface area contributed by atoms with Crippen LogP contribution in [0.25, 0.3) is 0 Å². The van der Waals surface area contributed by atoms with Crippen LogP contribution in [0.5, 0.6) is 0 Å². The predicted octanol–water partition coefficient (Wildman–Crippen LogP) is 2.82. The summed E-state index contributed by atoms with van der Waals surface area (Å²) in [6.07, 6.45) is 6.44. The third-order valence-electron chi connectivity index (χ3n) is 1.80. The molecule has 0 fully saturated rings. The van der Waals surface area contributed by atoms with E-state index in [1.165, 1.54) is 25.7 Å². The first-order valence-electron chi connectivity index (χ1n) is 4.72. The summed E-state index contributed by atoms with van der Waals surface area (Å²) < 4.78 is 0. The maximum Gasteiger partial charge on any atom is 0.0499 e. The van der Waals surface area contributed by atoms with E-state index in [2.05, 4.69) is 31.8 Å². The van der Waals surface area contributed by atoms with Gasteiger partial charge in [-0.3, -0.25) is 0 Å². The Kier molecular flexibility index (Phi) is 8.64. The fourth-order valence-electron chi connectivity index (χ4n) is 0.965. The van der Waals surface area contributed by atoms with Gasteiger partial charge in [-0.2, -0.15) is 12.6 Å². The summed E-state index contributed by atoms with van der Waals surface area (Å²) >= 11 is 4.34. The van der Waals surface area contributed by atoms with Crippen LogP contribution in [0.3, 0.4) is 0 Å². The van der Waals surface area contributed by atoms with Gasteiger partial charge in [0, 0.05) is 5.37 Å². The quantitative estimate of drug-likeness (QED) is 0.344. The number of hydrogen-bond acceptors (Lipinski definition) is 2. The average Bonchev–Trinajstić information content (AvgIpc) is 2.04. The van der Waals surface area contributed by atoms with Gasteiger partial charge in [-0.25, -0.2) is 0 Å². The van der Waals surface area contributed by atoms with Gasteiger partial charge < -0.3 is 5.32 Å². The third-order valence-corrected chi connectivity index (χ3v) is 2.34. The van der Waals surface area contributed by atoms with E-state index in [-0.39, 0.29) is 0 Å². The number of nitrogens with one attached hydrogen (secondary N) is 1. The van der Waals surface area contributed by atoms with Crippen molar-refractivity contribution in [2.45, 2.75) is 51.3 Å². The van der Waals surface area contributed by atoms with Crippen LogP contribution < -0.4 is 5.32 Å². The van der Waals surface area contributed by atoms with Crippen molar-refractivity contribution in [2.24, 2.45) is 0 Å². The molecule has 0 amide bonds. The lowest BCUT2D eigenvalue weighted by Crippen LogP contribution is -2.23. The van der Waals surface area contributed by atoms with Crippen molar-refractivity contribution in [1.82, 2.24) is 5.32 Å². The first-order valence-corrected chi connectivity index (χ1v) is 5.24. The van der Waals surface area contributed by atoms with Gasteiger partial charge in [0.05, 0.1) is 0 Å². The summed E-state index contributed by atoms with van der Waals surface area (Å²) in [5.41, 5.74) is 0. The Balaban J connectivity index is 2.89. The summed E-state index contributed by atoms with van der Waals surface area (Å²) in [6, 6.07) is 0. The lowest BCUT2D eigenvalue weighted by Gasteiger charge is -2.09. The third kappa shape index (κ3) is 8.21. The van der Waals surface area contributed by atoms with E-state index in [1.807, 2.05) is 0 Å². The van der Waals surface area contributed by atoms with E-state index in [0.717, 1.165) is 13.0 Å². The van der Waals surface area contributed by atoms with Crippen LogP contribution in [0.4, 0.5) is 0 Å². The lowest BCUT2D eigenvalue weighted by atomic mass is 10.2. The molecule has 0 saturated carbocycles. The van der Waals surface area contributed by atoms with Crippen LogP contribution in [-0.4, -0.2) is 11.9 Å². The van der Waals surface area contributed by atoms with Gasteiger partial charge in [0.25, 0.3) is 0 Å². The molecule has 0 spiro atoms. The van der Waals surface area contributed by atoms with E-state index in [0.29, 0.717) is 5.37 Å². The van der Waals surface area contributed by atoms with Crippen LogP contribution in [0, 0.1) is 0 Å². The standard InChI is InChI=1S/C9H21NS/c1-3-5-6-7-8-10-9(11)4-2/h9-11H,3-8H2,1-2H3. The first kappa shape index (κ1) is 11.3. The molecule has 0 radical (unpaired) electrons. The molecular weight excluding hydrogens is 154 g/mol. The molecule has 1 unspecified atom stereocenters. The molecule has 0 saturated heterocycles. The topological polar surface area (TPSA) is 12.0 Å². The van der Waals surface area contributed by atoms with E-state index in [1.54, 1.807) is 0 Å². The van der Waals surface area contributed by atoms with Gasteiger partial charge in [-0.15, -0.1) is 0 Å². The smallest absolute Gasteiger partial charge is 0.0499 e. The molecule has 11 heavy (non-hydrogen) atoms. The molecule has 0 bridgehead atoms. The minimum Gasteiger partial charge on any atom is -0.306 e. The Morgan fingerprint density at radius 2 is 1.91 bits per heavy atom. The average molecular weight is 175 g/mol. The van der Waals surface area contributed by atoms with Crippen molar-refractivity contribution < 1.29 is 0 Å². The summed E-state index contributed by atoms with van der Waals surface area (Å²) in [5, 5.41) is 3.76. The molecule has 1 atom stereocenters. The zero-order chi connectivity index (χ0) is 8.53. The zero-order valence-electron chi connectivity index (χ0n) is 7.77. The summed E-state index contributed by atoms with van der Waals surface area (Å²) in [6.45, 7) is 5.51. The van der Waals surface area contributed by atoms with E-state index in [4.69, 9.17) is 0 Å². The molecule has 2 heteroatoms. The highest BCUT2D eigenvalue weighted by Gasteiger charge is 1.95. The van der Waals surface area contributed by atoms with Gasteiger partial charge in [0.2, 0.25) is 0 Å². The van der Waals surface area contributed by atoms with Crippen molar-refractivity contribution in [3.8, 4) is 0 Å². The van der Waals surface area contributed by atoms with Crippen molar-refractivity contribution >= 4 is 12.6 Å². The lowest BCUT2D eigenvalue weighted by molar-refractivity contribution is 0.576. The Labute approximate surface area is 76.4 Å². The minimum absolute atomic E-state index is 0.400. The minimum atomic E-state index is 0.400. The van der Waals surface area contributed by atoms with Gasteiger partial charge in [0.15, 0.2) is 0 Å². The van der Waals surface area contributed by atoms with Gasteiger partial charge >= 0.3 is 0 Å². The van der Waals surface area contributed by atoms with E-state index in [9.17, 15) is 0 Å². The molecule has 0 aromatic carbocycles. The maximum absolute atomic E-state index is 4.34. The molecule has 0 rings (SSSR count). The van der Waals surface area contributed by atoms with E-state index < -0.39 is 0 Å². The Morgan fingerprint density at radius 1 is 1.18 bits per heavy atom. The molecular formula is C9H21NS. The maximum atomic E-state index is 4.34. The molecule has 0 aliphatic carbocycles. The molecule has 1 nitrogen and oxygen atoms in total. The molecule has 0 aliphatic heterocycles. The highest BCUT2D eigenvalue weighted by atomic mass is 32.1. The molecule has 0 aromatic heterocycles. The second-order valence-electron chi connectivity index (χ2n) is 2.94. The predicted molar refractivity (Wildman–Crippen MR) is 55.2 cm³/mol. The van der Waals surface area contributed by atoms with Crippen LogP contribution >= 0.6 is 12.6 Å². The number of thiol groups is 1. The molecule has 0 aromatic rings. The second kappa shape index (κ2) is 8.41. The summed E-state index contributed by atoms with van der Waals surface area (Å²) in [5.74, 6) is 0. The molecule has 68 valence electrons. The number of unbranched alkanes of at least 4 members (excludes halogenated alkanes) is 3. The SMILES string of the molecule is CCCCCCNC(S)CC. The first-order chi connectivity index (χ1) is 5.31. The monoisotopic (exact) mass is 175 g/mol. The van der Waals surface area contributed by atoms with Crippen molar-refractivity contribution in [3.05, 3.63) is 0 Å². The Hall–Kier alpha value is 0.310. The highest BCUT2D eigenvalue weighted by molar-refractivity contribution is 7.80.